The van der Waals surface area contributed by atoms with Gasteiger partial charge in [0, 0.05) is 43.3 Å². The summed E-state index contributed by atoms with van der Waals surface area (Å²) in [5.41, 5.74) is 1.62. The summed E-state index contributed by atoms with van der Waals surface area (Å²) < 4.78 is 26.4. The number of amides is 1. The van der Waals surface area contributed by atoms with Gasteiger partial charge in [-0.15, -0.1) is 0 Å². The zero-order chi connectivity index (χ0) is 17.1. The molecular formula is C16H14F2N4OS. The molecule has 0 saturated heterocycles. The number of imidazole rings is 1. The molecule has 5 nitrogen and oxygen atoms in total. The fourth-order valence-electron chi connectivity index (χ4n) is 2.31. The van der Waals surface area contributed by atoms with E-state index in [4.69, 9.17) is 0 Å². The third-order valence-corrected chi connectivity index (χ3v) is 4.15. The van der Waals surface area contributed by atoms with E-state index in [9.17, 15) is 13.6 Å². The van der Waals surface area contributed by atoms with Crippen molar-refractivity contribution in [3.8, 4) is 0 Å². The van der Waals surface area contributed by atoms with Crippen LogP contribution in [-0.2, 0) is 6.54 Å². The molecule has 0 aliphatic rings. The number of nitrogens with zero attached hydrogens (tertiary/aromatic N) is 4. The first-order valence-corrected chi connectivity index (χ1v) is 7.99. The SMILES string of the molecule is CN(Cc1ccc(SC(F)F)cc1)C(=O)c1nccn2ccnc12. The fraction of sp³-hybridized carbons (Fsp3) is 0.188. The summed E-state index contributed by atoms with van der Waals surface area (Å²) >= 11 is 0.497. The second-order valence-corrected chi connectivity index (χ2v) is 6.18. The Kier molecular flexibility index (Phi) is 4.75. The van der Waals surface area contributed by atoms with Gasteiger partial charge in [-0.1, -0.05) is 23.9 Å². The van der Waals surface area contributed by atoms with Crippen LogP contribution in [0.2, 0.25) is 0 Å². The lowest BCUT2D eigenvalue weighted by molar-refractivity contribution is 0.0780. The van der Waals surface area contributed by atoms with Gasteiger partial charge in [0.25, 0.3) is 11.7 Å². The summed E-state index contributed by atoms with van der Waals surface area (Å²) in [5.74, 6) is -2.70. The molecule has 1 aromatic carbocycles. The number of hydrogen-bond donors (Lipinski definition) is 0. The molecule has 0 aliphatic carbocycles. The molecule has 1 amide bonds. The van der Waals surface area contributed by atoms with Gasteiger partial charge in [0.05, 0.1) is 0 Å². The summed E-state index contributed by atoms with van der Waals surface area (Å²) in [6.45, 7) is 0.349. The lowest BCUT2D eigenvalue weighted by Crippen LogP contribution is -2.27. The number of rotatable bonds is 5. The standard InChI is InChI=1S/C16H14F2N4OS/c1-21(10-11-2-4-12(5-3-11)24-16(17)18)15(23)13-14-20-7-9-22(14)8-6-19-13/h2-9,16H,10H2,1H3. The van der Waals surface area contributed by atoms with E-state index in [-0.39, 0.29) is 11.6 Å². The van der Waals surface area contributed by atoms with Gasteiger partial charge in [-0.05, 0) is 17.7 Å². The van der Waals surface area contributed by atoms with E-state index >= 15 is 0 Å². The van der Waals surface area contributed by atoms with E-state index in [0.717, 1.165) is 5.56 Å². The van der Waals surface area contributed by atoms with Crippen molar-refractivity contribution in [3.63, 3.8) is 0 Å². The molecule has 0 aliphatic heterocycles. The van der Waals surface area contributed by atoms with E-state index < -0.39 is 5.76 Å². The minimum atomic E-state index is -2.44. The molecule has 0 radical (unpaired) electrons. The number of thioether (sulfide) groups is 1. The highest BCUT2D eigenvalue weighted by Gasteiger charge is 2.18. The normalized spacial score (nSPS) is 11.2. The average molecular weight is 348 g/mol. The third kappa shape index (κ3) is 3.53. The Hall–Kier alpha value is -2.48. The van der Waals surface area contributed by atoms with Crippen LogP contribution in [0.15, 0.2) is 53.9 Å². The predicted molar refractivity (Wildman–Crippen MR) is 87.1 cm³/mol. The van der Waals surface area contributed by atoms with Crippen molar-refractivity contribution in [3.05, 3.63) is 60.3 Å². The first-order valence-electron chi connectivity index (χ1n) is 7.11. The average Bonchev–Trinajstić information content (AvgIpc) is 3.04. The highest BCUT2D eigenvalue weighted by molar-refractivity contribution is 7.99. The number of aromatic nitrogens is 3. The Balaban J connectivity index is 1.73. The van der Waals surface area contributed by atoms with E-state index in [0.29, 0.717) is 28.8 Å². The predicted octanol–water partition coefficient (Wildman–Crippen LogP) is 3.32. The van der Waals surface area contributed by atoms with Crippen molar-refractivity contribution in [2.75, 3.05) is 7.05 Å². The summed E-state index contributed by atoms with van der Waals surface area (Å²) in [6, 6.07) is 6.71. The molecule has 0 saturated carbocycles. The van der Waals surface area contributed by atoms with Gasteiger partial charge >= 0.3 is 0 Å². The second-order valence-electron chi connectivity index (χ2n) is 5.12. The summed E-state index contributed by atoms with van der Waals surface area (Å²) in [6.07, 6.45) is 6.62. The number of halogens is 2. The maximum Gasteiger partial charge on any atom is 0.288 e. The lowest BCUT2D eigenvalue weighted by atomic mass is 10.2. The number of carbonyl (C=O) groups is 1. The topological polar surface area (TPSA) is 50.5 Å². The van der Waals surface area contributed by atoms with E-state index in [1.807, 2.05) is 0 Å². The van der Waals surface area contributed by atoms with Crippen molar-refractivity contribution < 1.29 is 13.6 Å². The van der Waals surface area contributed by atoms with E-state index in [1.165, 1.54) is 4.90 Å². The van der Waals surface area contributed by atoms with Gasteiger partial charge in [0.15, 0.2) is 11.3 Å². The summed E-state index contributed by atoms with van der Waals surface area (Å²) in [4.78, 5) is 22.9. The largest absolute Gasteiger partial charge is 0.336 e. The Morgan fingerprint density at radius 3 is 2.54 bits per heavy atom. The molecule has 2 heterocycles. The lowest BCUT2D eigenvalue weighted by Gasteiger charge is -2.17. The van der Waals surface area contributed by atoms with Crippen molar-refractivity contribution >= 4 is 23.3 Å². The fourth-order valence-corrected chi connectivity index (χ4v) is 2.81. The van der Waals surface area contributed by atoms with Crippen LogP contribution in [0, 0.1) is 0 Å². The van der Waals surface area contributed by atoms with Crippen LogP contribution in [-0.4, -0.2) is 38.0 Å². The van der Waals surface area contributed by atoms with Gasteiger partial charge in [-0.25, -0.2) is 9.97 Å². The molecule has 24 heavy (non-hydrogen) atoms. The molecule has 0 N–H and O–H groups in total. The smallest absolute Gasteiger partial charge is 0.288 e. The van der Waals surface area contributed by atoms with Crippen LogP contribution in [0.1, 0.15) is 16.1 Å². The third-order valence-electron chi connectivity index (χ3n) is 3.43. The summed E-state index contributed by atoms with van der Waals surface area (Å²) in [7, 11) is 1.66. The Morgan fingerprint density at radius 1 is 1.21 bits per heavy atom. The van der Waals surface area contributed by atoms with Gasteiger partial charge < -0.3 is 9.30 Å². The van der Waals surface area contributed by atoms with Crippen molar-refractivity contribution in [2.45, 2.75) is 17.2 Å². The maximum atomic E-state index is 12.6. The molecule has 0 atom stereocenters. The van der Waals surface area contributed by atoms with Gasteiger partial charge in [0.2, 0.25) is 0 Å². The Morgan fingerprint density at radius 2 is 1.88 bits per heavy atom. The van der Waals surface area contributed by atoms with Crippen molar-refractivity contribution in [1.82, 2.24) is 19.3 Å². The van der Waals surface area contributed by atoms with E-state index in [1.54, 1.807) is 60.5 Å². The quantitative estimate of drug-likeness (QED) is 0.664. The van der Waals surface area contributed by atoms with Crippen LogP contribution in [0.25, 0.3) is 5.65 Å². The van der Waals surface area contributed by atoms with Gasteiger partial charge in [0.1, 0.15) is 0 Å². The van der Waals surface area contributed by atoms with Crippen LogP contribution in [0.5, 0.6) is 0 Å². The Labute approximate surface area is 141 Å². The van der Waals surface area contributed by atoms with Crippen LogP contribution >= 0.6 is 11.8 Å². The monoisotopic (exact) mass is 348 g/mol. The number of hydrogen-bond acceptors (Lipinski definition) is 4. The molecule has 0 unspecified atom stereocenters. The Bertz CT molecular complexity index is 851. The molecule has 0 bridgehead atoms. The highest BCUT2D eigenvalue weighted by Crippen LogP contribution is 2.25. The minimum absolute atomic E-state index is 0.252. The van der Waals surface area contributed by atoms with Gasteiger partial charge in [-0.2, -0.15) is 8.78 Å². The molecule has 2 aromatic heterocycles. The van der Waals surface area contributed by atoms with Crippen LogP contribution < -0.4 is 0 Å². The van der Waals surface area contributed by atoms with Crippen molar-refractivity contribution in [1.29, 1.82) is 0 Å². The van der Waals surface area contributed by atoms with E-state index in [2.05, 4.69) is 9.97 Å². The second kappa shape index (κ2) is 6.96. The van der Waals surface area contributed by atoms with Gasteiger partial charge in [-0.3, -0.25) is 4.79 Å². The zero-order valence-electron chi connectivity index (χ0n) is 12.8. The number of alkyl halides is 2. The molecule has 124 valence electrons. The number of benzene rings is 1. The molecule has 0 fully saturated rings. The highest BCUT2D eigenvalue weighted by atomic mass is 32.2. The number of carbonyl (C=O) groups excluding carboxylic acids is 1. The molecule has 3 rings (SSSR count). The first kappa shape index (κ1) is 16.4. The molecule has 3 aromatic rings. The van der Waals surface area contributed by atoms with Crippen LogP contribution in [0.4, 0.5) is 8.78 Å². The summed E-state index contributed by atoms with van der Waals surface area (Å²) in [5, 5.41) is 0. The zero-order valence-corrected chi connectivity index (χ0v) is 13.6. The first-order chi connectivity index (χ1) is 11.5. The van der Waals surface area contributed by atoms with Crippen LogP contribution in [0.3, 0.4) is 0 Å². The van der Waals surface area contributed by atoms with Crippen molar-refractivity contribution in [2.24, 2.45) is 0 Å². The molecular weight excluding hydrogens is 334 g/mol. The number of fused-ring (bicyclic) bond motifs is 1. The maximum absolute atomic E-state index is 12.6. The molecule has 8 heteroatoms. The minimum Gasteiger partial charge on any atom is -0.336 e. The molecule has 0 spiro atoms.